The van der Waals surface area contributed by atoms with Gasteiger partial charge in [0.05, 0.1) is 6.61 Å². The molecule has 0 fully saturated rings. The number of aromatic nitrogens is 2. The number of pyridine rings is 1. The van der Waals surface area contributed by atoms with E-state index in [1.54, 1.807) is 29.3 Å². The van der Waals surface area contributed by atoms with E-state index in [0.717, 1.165) is 33.0 Å². The van der Waals surface area contributed by atoms with Crippen LogP contribution >= 0.6 is 23.1 Å². The van der Waals surface area contributed by atoms with Crippen molar-refractivity contribution in [1.29, 1.82) is 0 Å². The molecule has 3 heterocycles. The molecule has 1 aromatic carbocycles. The standard InChI is InChI=1S/C23H23N3O3S2/c1-3-11-28-22-16(7-6-10-24-22)12-25-21(27)20-18(14-31-23-26-15(2)13-30-23)17-8-4-5-9-19(17)29-20/h4-10,13H,3,11-12,14H2,1-2H3,(H,25,27). The number of amides is 1. The number of carbonyl (C=O) groups excluding carboxylic acids is 1. The van der Waals surface area contributed by atoms with Gasteiger partial charge >= 0.3 is 0 Å². The van der Waals surface area contributed by atoms with Crippen molar-refractivity contribution in [3.8, 4) is 5.88 Å². The number of para-hydroxylation sites is 1. The Balaban J connectivity index is 1.54. The molecule has 0 radical (unpaired) electrons. The lowest BCUT2D eigenvalue weighted by Gasteiger charge is -2.10. The van der Waals surface area contributed by atoms with Crippen molar-refractivity contribution < 1.29 is 13.9 Å². The molecule has 0 atom stereocenters. The van der Waals surface area contributed by atoms with E-state index in [4.69, 9.17) is 9.15 Å². The Morgan fingerprint density at radius 3 is 2.94 bits per heavy atom. The van der Waals surface area contributed by atoms with Crippen molar-refractivity contribution in [2.24, 2.45) is 0 Å². The Hall–Kier alpha value is -2.84. The third-order valence-electron chi connectivity index (χ3n) is 4.57. The van der Waals surface area contributed by atoms with Gasteiger partial charge in [-0.25, -0.2) is 9.97 Å². The van der Waals surface area contributed by atoms with Crippen LogP contribution in [0.2, 0.25) is 0 Å². The summed E-state index contributed by atoms with van der Waals surface area (Å²) in [5, 5.41) is 5.93. The molecule has 4 aromatic rings. The van der Waals surface area contributed by atoms with Crippen molar-refractivity contribution >= 4 is 40.0 Å². The fourth-order valence-electron chi connectivity index (χ4n) is 3.10. The Kier molecular flexibility index (Phi) is 6.89. The fourth-order valence-corrected chi connectivity index (χ4v) is 4.98. The highest BCUT2D eigenvalue weighted by molar-refractivity contribution is 8.00. The number of thiazole rings is 1. The number of carbonyl (C=O) groups is 1. The lowest BCUT2D eigenvalue weighted by atomic mass is 10.1. The molecular formula is C23H23N3O3S2. The maximum atomic E-state index is 13.1. The highest BCUT2D eigenvalue weighted by atomic mass is 32.2. The Bertz CT molecular complexity index is 1190. The van der Waals surface area contributed by atoms with Gasteiger partial charge in [-0.3, -0.25) is 4.79 Å². The fraction of sp³-hybridized carbons (Fsp3) is 0.261. The van der Waals surface area contributed by atoms with Crippen LogP contribution in [0.4, 0.5) is 0 Å². The number of hydrogen-bond acceptors (Lipinski definition) is 7. The molecule has 0 aliphatic rings. The van der Waals surface area contributed by atoms with Crippen LogP contribution in [0.3, 0.4) is 0 Å². The molecule has 0 unspecified atom stereocenters. The minimum absolute atomic E-state index is 0.257. The third-order valence-corrected chi connectivity index (χ3v) is 6.74. The van der Waals surface area contributed by atoms with E-state index >= 15 is 0 Å². The molecule has 0 aliphatic heterocycles. The van der Waals surface area contributed by atoms with E-state index in [1.807, 2.05) is 55.6 Å². The second-order valence-electron chi connectivity index (χ2n) is 6.95. The van der Waals surface area contributed by atoms with Crippen LogP contribution in [0, 0.1) is 6.92 Å². The molecule has 31 heavy (non-hydrogen) atoms. The van der Waals surface area contributed by atoms with Gasteiger partial charge in [0.1, 0.15) is 9.92 Å². The van der Waals surface area contributed by atoms with E-state index in [2.05, 4.69) is 15.3 Å². The molecule has 1 N–H and O–H groups in total. The SMILES string of the molecule is CCCOc1ncccc1CNC(=O)c1oc2ccccc2c1CSc1nc(C)cs1. The van der Waals surface area contributed by atoms with Gasteiger partial charge in [0, 0.05) is 46.1 Å². The van der Waals surface area contributed by atoms with Crippen molar-refractivity contribution in [2.45, 2.75) is 36.9 Å². The molecule has 0 aliphatic carbocycles. The number of thioether (sulfide) groups is 1. The number of rotatable bonds is 9. The second kappa shape index (κ2) is 9.98. The number of furan rings is 1. The summed E-state index contributed by atoms with van der Waals surface area (Å²) in [6.07, 6.45) is 2.58. The predicted octanol–water partition coefficient (Wildman–Crippen LogP) is 5.60. The summed E-state index contributed by atoms with van der Waals surface area (Å²) in [7, 11) is 0. The first-order valence-electron chi connectivity index (χ1n) is 10.1. The maximum absolute atomic E-state index is 13.1. The van der Waals surface area contributed by atoms with E-state index in [9.17, 15) is 4.79 Å². The third kappa shape index (κ3) is 5.08. The molecule has 6 nitrogen and oxygen atoms in total. The van der Waals surface area contributed by atoms with Gasteiger partial charge in [0.15, 0.2) is 5.76 Å². The molecule has 0 bridgehead atoms. The zero-order valence-electron chi connectivity index (χ0n) is 17.4. The van der Waals surface area contributed by atoms with Crippen LogP contribution < -0.4 is 10.1 Å². The van der Waals surface area contributed by atoms with E-state index in [1.165, 1.54) is 0 Å². The average Bonchev–Trinajstić information content (AvgIpc) is 3.38. The summed E-state index contributed by atoms with van der Waals surface area (Å²) in [5.41, 5.74) is 3.40. The molecule has 4 rings (SSSR count). The molecule has 1 amide bonds. The number of nitrogens with one attached hydrogen (secondary N) is 1. The maximum Gasteiger partial charge on any atom is 0.287 e. The van der Waals surface area contributed by atoms with Crippen LogP contribution in [0.1, 0.15) is 40.7 Å². The quantitative estimate of drug-likeness (QED) is 0.332. The molecule has 0 spiro atoms. The van der Waals surface area contributed by atoms with Crippen LogP contribution in [0.5, 0.6) is 5.88 Å². The number of fused-ring (bicyclic) bond motifs is 1. The number of benzene rings is 1. The number of aryl methyl sites for hydroxylation is 1. The predicted molar refractivity (Wildman–Crippen MR) is 124 cm³/mol. The largest absolute Gasteiger partial charge is 0.477 e. The minimum atomic E-state index is -0.257. The van der Waals surface area contributed by atoms with Gasteiger partial charge in [0.2, 0.25) is 5.88 Å². The normalized spacial score (nSPS) is 11.0. The summed E-state index contributed by atoms with van der Waals surface area (Å²) in [5.74, 6) is 1.23. The van der Waals surface area contributed by atoms with Gasteiger partial charge in [-0.15, -0.1) is 11.3 Å². The van der Waals surface area contributed by atoms with Crippen LogP contribution in [-0.4, -0.2) is 22.5 Å². The van der Waals surface area contributed by atoms with Gasteiger partial charge < -0.3 is 14.5 Å². The lowest BCUT2D eigenvalue weighted by Crippen LogP contribution is -2.23. The van der Waals surface area contributed by atoms with E-state index < -0.39 is 0 Å². The van der Waals surface area contributed by atoms with Crippen LogP contribution in [0.15, 0.2) is 56.7 Å². The first-order chi connectivity index (χ1) is 15.2. The van der Waals surface area contributed by atoms with Crippen molar-refractivity contribution in [1.82, 2.24) is 15.3 Å². The molecule has 0 saturated heterocycles. The molecule has 0 saturated carbocycles. The second-order valence-corrected chi connectivity index (χ2v) is 9.03. The number of nitrogens with zero attached hydrogens (tertiary/aromatic N) is 2. The minimum Gasteiger partial charge on any atom is -0.477 e. The number of ether oxygens (including phenoxy) is 1. The zero-order chi connectivity index (χ0) is 21.6. The molecule has 3 aromatic heterocycles. The Morgan fingerprint density at radius 2 is 2.13 bits per heavy atom. The highest BCUT2D eigenvalue weighted by Gasteiger charge is 2.21. The average molecular weight is 454 g/mol. The van der Waals surface area contributed by atoms with Gasteiger partial charge in [-0.1, -0.05) is 43.0 Å². The zero-order valence-corrected chi connectivity index (χ0v) is 19.0. The van der Waals surface area contributed by atoms with Crippen molar-refractivity contribution in [3.05, 3.63) is 70.6 Å². The van der Waals surface area contributed by atoms with Gasteiger partial charge in [-0.2, -0.15) is 0 Å². The summed E-state index contributed by atoms with van der Waals surface area (Å²) in [6, 6.07) is 11.5. The van der Waals surface area contributed by atoms with Crippen molar-refractivity contribution in [3.63, 3.8) is 0 Å². The topological polar surface area (TPSA) is 77.2 Å². The summed E-state index contributed by atoms with van der Waals surface area (Å²) >= 11 is 3.22. The Morgan fingerprint density at radius 1 is 1.26 bits per heavy atom. The van der Waals surface area contributed by atoms with E-state index in [-0.39, 0.29) is 5.91 Å². The molecular weight excluding hydrogens is 430 g/mol. The van der Waals surface area contributed by atoms with Gasteiger partial charge in [-0.05, 0) is 25.5 Å². The van der Waals surface area contributed by atoms with Gasteiger partial charge in [0.25, 0.3) is 5.91 Å². The monoisotopic (exact) mass is 453 g/mol. The Labute approximate surface area is 189 Å². The van der Waals surface area contributed by atoms with Crippen LogP contribution in [-0.2, 0) is 12.3 Å². The summed E-state index contributed by atoms with van der Waals surface area (Å²) in [6.45, 7) is 4.91. The van der Waals surface area contributed by atoms with E-state index in [0.29, 0.717) is 36.1 Å². The first-order valence-corrected chi connectivity index (χ1v) is 11.9. The summed E-state index contributed by atoms with van der Waals surface area (Å²) < 4.78 is 12.6. The molecule has 8 heteroatoms. The lowest BCUT2D eigenvalue weighted by molar-refractivity contribution is 0.0924. The number of hydrogen-bond donors (Lipinski definition) is 1. The van der Waals surface area contributed by atoms with Crippen LogP contribution in [0.25, 0.3) is 11.0 Å². The molecule has 160 valence electrons. The van der Waals surface area contributed by atoms with Crippen molar-refractivity contribution in [2.75, 3.05) is 6.61 Å². The summed E-state index contributed by atoms with van der Waals surface area (Å²) in [4.78, 5) is 21.8. The smallest absolute Gasteiger partial charge is 0.287 e. The first kappa shape index (κ1) is 21.4. The highest BCUT2D eigenvalue weighted by Crippen LogP contribution is 2.33.